The van der Waals surface area contributed by atoms with Gasteiger partial charge in [0, 0.05) is 5.70 Å². The molecule has 4 heteroatoms. The van der Waals surface area contributed by atoms with Gasteiger partial charge >= 0.3 is 0 Å². The Morgan fingerprint density at radius 3 is 2.90 bits per heavy atom. The van der Waals surface area contributed by atoms with Crippen LogP contribution in [-0.4, -0.2) is 8.76 Å². The maximum atomic E-state index is 10.2. The molecule has 1 aliphatic carbocycles. The number of hydrogen-bond donors (Lipinski definition) is 2. The highest BCUT2D eigenvalue weighted by Gasteiger charge is 2.03. The Morgan fingerprint density at radius 2 is 2.40 bits per heavy atom. The van der Waals surface area contributed by atoms with E-state index >= 15 is 0 Å². The summed E-state index contributed by atoms with van der Waals surface area (Å²) in [5.74, 6) is 0. The van der Waals surface area contributed by atoms with Crippen molar-refractivity contribution in [1.82, 2.24) is 4.72 Å². The molecule has 0 aromatic rings. The number of allylic oxidation sites excluding steroid dienone is 2. The summed E-state index contributed by atoms with van der Waals surface area (Å²) < 4.78 is 21.1. The fraction of sp³-hybridized carbons (Fsp3) is 0.667. The summed E-state index contributed by atoms with van der Waals surface area (Å²) in [5, 5.41) is 0. The van der Waals surface area contributed by atoms with E-state index in [1.165, 1.54) is 6.42 Å². The third-order valence-electron chi connectivity index (χ3n) is 1.51. The number of hydrogen-bond acceptors (Lipinski definition) is 1. The van der Waals surface area contributed by atoms with Crippen LogP contribution in [0.5, 0.6) is 0 Å². The molecule has 0 fully saturated rings. The van der Waals surface area contributed by atoms with Gasteiger partial charge < -0.3 is 0 Å². The summed E-state index contributed by atoms with van der Waals surface area (Å²) in [7, 11) is 0. The first kappa shape index (κ1) is 7.75. The van der Waals surface area contributed by atoms with Gasteiger partial charge in [0.05, 0.1) is 0 Å². The zero-order valence-electron chi connectivity index (χ0n) is 5.67. The average molecular weight is 161 g/mol. The molecule has 58 valence electrons. The van der Waals surface area contributed by atoms with E-state index in [4.69, 9.17) is 4.55 Å². The molecule has 1 aliphatic rings. The van der Waals surface area contributed by atoms with Gasteiger partial charge in [-0.15, -0.1) is 0 Å². The minimum absolute atomic E-state index is 0.909. The van der Waals surface area contributed by atoms with Gasteiger partial charge in [-0.3, -0.25) is 9.27 Å². The molecule has 0 saturated carbocycles. The van der Waals surface area contributed by atoms with Crippen LogP contribution in [0.4, 0.5) is 0 Å². The quantitative estimate of drug-likeness (QED) is 0.597. The Balaban J connectivity index is 2.38. The summed E-state index contributed by atoms with van der Waals surface area (Å²) in [6, 6.07) is 0. The Kier molecular flexibility index (Phi) is 2.89. The van der Waals surface area contributed by atoms with Gasteiger partial charge in [0.15, 0.2) is 0 Å². The first-order valence-corrected chi connectivity index (χ1v) is 4.46. The molecule has 2 N–H and O–H groups in total. The summed E-state index contributed by atoms with van der Waals surface area (Å²) in [4.78, 5) is 0. The van der Waals surface area contributed by atoms with E-state index in [0.717, 1.165) is 25.0 Å². The second-order valence-corrected chi connectivity index (χ2v) is 3.03. The smallest absolute Gasteiger partial charge is 0.258 e. The molecule has 0 aliphatic heterocycles. The zero-order chi connectivity index (χ0) is 7.40. The normalized spacial score (nSPS) is 21.5. The largest absolute Gasteiger partial charge is 0.289 e. The molecule has 0 aromatic carbocycles. The first-order valence-electron chi connectivity index (χ1n) is 3.35. The van der Waals surface area contributed by atoms with Crippen LogP contribution in [0.2, 0.25) is 0 Å². The zero-order valence-corrected chi connectivity index (χ0v) is 6.49. The third-order valence-corrected chi connectivity index (χ3v) is 1.95. The van der Waals surface area contributed by atoms with Gasteiger partial charge in [-0.25, -0.2) is 4.21 Å². The predicted octanol–water partition coefficient (Wildman–Crippen LogP) is 1.17. The van der Waals surface area contributed by atoms with Crippen LogP contribution < -0.4 is 4.72 Å². The SMILES string of the molecule is O=S(O)NC1=CCCCC1. The van der Waals surface area contributed by atoms with E-state index in [0.29, 0.717) is 0 Å². The molecule has 0 heterocycles. The van der Waals surface area contributed by atoms with E-state index in [1.54, 1.807) is 0 Å². The summed E-state index contributed by atoms with van der Waals surface area (Å²) in [6.45, 7) is 0. The topological polar surface area (TPSA) is 49.3 Å². The van der Waals surface area contributed by atoms with Crippen molar-refractivity contribution in [3.8, 4) is 0 Å². The lowest BCUT2D eigenvalue weighted by molar-refractivity contribution is 0.551. The Labute approximate surface area is 62.9 Å². The highest BCUT2D eigenvalue weighted by atomic mass is 32.2. The van der Waals surface area contributed by atoms with Crippen molar-refractivity contribution in [2.45, 2.75) is 25.7 Å². The highest BCUT2D eigenvalue weighted by Crippen LogP contribution is 2.14. The van der Waals surface area contributed by atoms with Crippen molar-refractivity contribution in [3.63, 3.8) is 0 Å². The molecule has 1 atom stereocenters. The van der Waals surface area contributed by atoms with Gasteiger partial charge in [-0.1, -0.05) is 6.08 Å². The molecule has 10 heavy (non-hydrogen) atoms. The monoisotopic (exact) mass is 161 g/mol. The molecule has 0 bridgehead atoms. The maximum absolute atomic E-state index is 10.2. The van der Waals surface area contributed by atoms with Gasteiger partial charge in [-0.05, 0) is 25.7 Å². The molecule has 0 saturated heterocycles. The van der Waals surface area contributed by atoms with Crippen molar-refractivity contribution in [2.24, 2.45) is 0 Å². The fourth-order valence-corrected chi connectivity index (χ4v) is 1.45. The lowest BCUT2D eigenvalue weighted by Crippen LogP contribution is -2.16. The van der Waals surface area contributed by atoms with Crippen LogP contribution in [-0.2, 0) is 11.3 Å². The number of rotatable bonds is 2. The first-order chi connectivity index (χ1) is 4.79. The van der Waals surface area contributed by atoms with E-state index in [2.05, 4.69) is 4.72 Å². The van der Waals surface area contributed by atoms with Crippen LogP contribution in [0.3, 0.4) is 0 Å². The third kappa shape index (κ3) is 2.49. The van der Waals surface area contributed by atoms with Gasteiger partial charge in [0.25, 0.3) is 11.3 Å². The van der Waals surface area contributed by atoms with Gasteiger partial charge in [0.2, 0.25) is 0 Å². The minimum atomic E-state index is -1.88. The van der Waals surface area contributed by atoms with E-state index in [9.17, 15) is 4.21 Å². The van der Waals surface area contributed by atoms with Crippen molar-refractivity contribution < 1.29 is 8.76 Å². The number of nitrogens with one attached hydrogen (secondary N) is 1. The molecular weight excluding hydrogens is 150 g/mol. The highest BCUT2D eigenvalue weighted by molar-refractivity contribution is 7.77. The Bertz CT molecular complexity index is 167. The molecule has 1 unspecified atom stereocenters. The molecule has 0 amide bonds. The second-order valence-electron chi connectivity index (χ2n) is 2.33. The Morgan fingerprint density at radius 1 is 1.60 bits per heavy atom. The lowest BCUT2D eigenvalue weighted by atomic mass is 10.1. The predicted molar refractivity (Wildman–Crippen MR) is 40.5 cm³/mol. The Hall–Kier alpha value is -0.350. The van der Waals surface area contributed by atoms with E-state index in [1.807, 2.05) is 6.08 Å². The van der Waals surface area contributed by atoms with E-state index < -0.39 is 11.3 Å². The van der Waals surface area contributed by atoms with Gasteiger partial charge in [-0.2, -0.15) is 0 Å². The molecular formula is C6H11NO2S. The van der Waals surface area contributed by atoms with Crippen molar-refractivity contribution >= 4 is 11.3 Å². The van der Waals surface area contributed by atoms with Crippen LogP contribution in [0.1, 0.15) is 25.7 Å². The lowest BCUT2D eigenvalue weighted by Gasteiger charge is -2.11. The molecule has 0 aromatic heterocycles. The van der Waals surface area contributed by atoms with E-state index in [-0.39, 0.29) is 0 Å². The summed E-state index contributed by atoms with van der Waals surface area (Å²) >= 11 is -1.88. The van der Waals surface area contributed by atoms with Crippen molar-refractivity contribution in [2.75, 3.05) is 0 Å². The molecule has 1 rings (SSSR count). The van der Waals surface area contributed by atoms with Gasteiger partial charge in [0.1, 0.15) is 0 Å². The van der Waals surface area contributed by atoms with Crippen molar-refractivity contribution in [1.29, 1.82) is 0 Å². The minimum Gasteiger partial charge on any atom is -0.289 e. The van der Waals surface area contributed by atoms with Crippen LogP contribution >= 0.6 is 0 Å². The summed E-state index contributed by atoms with van der Waals surface area (Å²) in [6.07, 6.45) is 6.24. The standard InChI is InChI=1S/C6H11NO2S/c8-10(9)7-6-4-2-1-3-5-6/h4,7H,1-3,5H2,(H,8,9). The van der Waals surface area contributed by atoms with Crippen molar-refractivity contribution in [3.05, 3.63) is 11.8 Å². The van der Waals surface area contributed by atoms with Crippen LogP contribution in [0, 0.1) is 0 Å². The maximum Gasteiger partial charge on any atom is 0.258 e. The summed E-state index contributed by atoms with van der Waals surface area (Å²) in [5.41, 5.74) is 0.909. The second kappa shape index (κ2) is 3.73. The average Bonchev–Trinajstić information content (AvgIpc) is 1.88. The van der Waals surface area contributed by atoms with Crippen LogP contribution in [0.25, 0.3) is 0 Å². The van der Waals surface area contributed by atoms with Crippen LogP contribution in [0.15, 0.2) is 11.8 Å². The molecule has 0 radical (unpaired) electrons. The fourth-order valence-electron chi connectivity index (χ4n) is 1.04. The molecule has 3 nitrogen and oxygen atoms in total. The molecule has 0 spiro atoms.